The lowest BCUT2D eigenvalue weighted by atomic mass is 10.1. The molecule has 0 aliphatic carbocycles. The largest absolute Gasteiger partial charge is 0.493 e. The summed E-state index contributed by atoms with van der Waals surface area (Å²) in [6.07, 6.45) is -6.31. The summed E-state index contributed by atoms with van der Waals surface area (Å²) in [6, 6.07) is 11.9. The van der Waals surface area contributed by atoms with E-state index in [0.29, 0.717) is 10.3 Å². The third-order valence-corrected chi connectivity index (χ3v) is 8.43. The third kappa shape index (κ3) is 8.54. The van der Waals surface area contributed by atoms with Crippen LogP contribution in [0.1, 0.15) is 37.4 Å². The number of aromatic nitrogens is 2. The van der Waals surface area contributed by atoms with Gasteiger partial charge in [0, 0.05) is 11.8 Å². The van der Waals surface area contributed by atoms with Crippen LogP contribution >= 0.6 is 7.75 Å². The molecule has 1 aliphatic rings. The second-order valence-electron chi connectivity index (χ2n) is 10.7. The number of benzene rings is 2. The smallest absolute Gasteiger partial charge is 0.459 e. The van der Waals surface area contributed by atoms with Crippen LogP contribution in [0, 0.1) is 0 Å². The number of carbonyl (C=O) groups excluding carboxylic acids is 2. The van der Waals surface area contributed by atoms with Gasteiger partial charge in [0.2, 0.25) is 6.23 Å². The van der Waals surface area contributed by atoms with Crippen molar-refractivity contribution in [2.45, 2.75) is 57.3 Å². The van der Waals surface area contributed by atoms with Crippen LogP contribution in [-0.4, -0.2) is 77.6 Å². The van der Waals surface area contributed by atoms with Crippen molar-refractivity contribution in [1.29, 1.82) is 0 Å². The number of hydrogen-bond donors (Lipinski definition) is 3. The van der Waals surface area contributed by atoms with Gasteiger partial charge in [-0.25, -0.2) is 9.36 Å². The van der Waals surface area contributed by atoms with Gasteiger partial charge in [0.1, 0.15) is 23.7 Å². The molecule has 3 N–H and O–H groups in total. The van der Waals surface area contributed by atoms with Crippen molar-refractivity contribution in [3.8, 4) is 17.2 Å². The van der Waals surface area contributed by atoms with E-state index in [1.54, 1.807) is 32.0 Å². The van der Waals surface area contributed by atoms with Crippen molar-refractivity contribution in [2.24, 2.45) is 0 Å². The minimum atomic E-state index is -4.50. The minimum Gasteiger partial charge on any atom is -0.493 e. The number of amides is 1. The maximum absolute atomic E-state index is 15.3. The molecule has 1 aliphatic heterocycles. The maximum atomic E-state index is 15.3. The Kier molecular flexibility index (Phi) is 11.5. The van der Waals surface area contributed by atoms with Crippen molar-refractivity contribution in [3.63, 3.8) is 0 Å². The van der Waals surface area contributed by atoms with E-state index < -0.39 is 68.4 Å². The molecule has 18 heteroatoms. The van der Waals surface area contributed by atoms with Gasteiger partial charge in [-0.2, -0.15) is 18.9 Å². The number of aliphatic hydroxyl groups is 1. The molecular weight excluding hydrogens is 661 g/mol. The van der Waals surface area contributed by atoms with Gasteiger partial charge < -0.3 is 33.9 Å². The molecule has 2 aromatic carbocycles. The van der Waals surface area contributed by atoms with Crippen molar-refractivity contribution in [1.82, 2.24) is 14.6 Å². The standard InChI is InChI=1S/C30H35F2N4O11P/c1-17(2)45-27(39)18(3)35-48(41,47-20-9-7-6-8-10-20)44-16-23-25(37)30(31,32)28(46-23)36-14-13-24(34-29(36)40)33-26(38)19-11-12-21(42-4)22(15-19)43-5/h6-15,17-18,23,25,28,37H,16H2,1-5H3,(H,35,41)(H,33,34,38,40)/t18-,23-,25-,28?,48?/m1/s1. The van der Waals surface area contributed by atoms with Crippen LogP contribution in [0.25, 0.3) is 0 Å². The number of halogens is 2. The summed E-state index contributed by atoms with van der Waals surface area (Å²) in [4.78, 5) is 41.6. The Labute approximate surface area is 273 Å². The average Bonchev–Trinajstić information content (AvgIpc) is 3.27. The summed E-state index contributed by atoms with van der Waals surface area (Å²) in [7, 11) is -1.69. The van der Waals surface area contributed by atoms with E-state index in [2.05, 4.69) is 15.4 Å². The third-order valence-electron chi connectivity index (χ3n) is 6.78. The highest BCUT2D eigenvalue weighted by Crippen LogP contribution is 2.48. The Morgan fingerprint density at radius 1 is 1.08 bits per heavy atom. The van der Waals surface area contributed by atoms with Crippen LogP contribution < -0.4 is 30.1 Å². The zero-order valence-corrected chi connectivity index (χ0v) is 27.4. The number of alkyl halides is 2. The van der Waals surface area contributed by atoms with Gasteiger partial charge in [-0.05, 0) is 57.2 Å². The first-order chi connectivity index (χ1) is 22.7. The molecule has 1 saturated heterocycles. The van der Waals surface area contributed by atoms with Crippen LogP contribution in [0.5, 0.6) is 17.2 Å². The predicted octanol–water partition coefficient (Wildman–Crippen LogP) is 3.54. The number of ether oxygens (including phenoxy) is 4. The monoisotopic (exact) mass is 696 g/mol. The lowest BCUT2D eigenvalue weighted by Crippen LogP contribution is -2.42. The number of anilines is 1. The van der Waals surface area contributed by atoms with Crippen LogP contribution in [0.2, 0.25) is 0 Å². The molecule has 1 amide bonds. The van der Waals surface area contributed by atoms with E-state index in [1.165, 1.54) is 51.5 Å². The molecule has 260 valence electrons. The SMILES string of the molecule is COc1ccc(C(=O)Nc2ccn(C3O[C@H](COP(=O)(N[C@H](C)C(=O)OC(C)C)Oc4ccccc4)[C@@H](O)C3(F)F)c(=O)n2)cc1OC. The number of para-hydroxylation sites is 1. The first-order valence-corrected chi connectivity index (χ1v) is 16.0. The Hall–Kier alpha value is -4.41. The van der Waals surface area contributed by atoms with E-state index >= 15 is 8.78 Å². The molecule has 0 radical (unpaired) electrons. The van der Waals surface area contributed by atoms with E-state index in [0.717, 1.165) is 12.3 Å². The molecule has 1 aromatic heterocycles. The van der Waals surface area contributed by atoms with Gasteiger partial charge in [0.05, 0.1) is 26.9 Å². The number of aliphatic hydroxyl groups excluding tert-OH is 1. The van der Waals surface area contributed by atoms with Crippen LogP contribution in [0.3, 0.4) is 0 Å². The fourth-order valence-electron chi connectivity index (χ4n) is 4.44. The average molecular weight is 697 g/mol. The van der Waals surface area contributed by atoms with Crippen LogP contribution in [-0.2, 0) is 23.4 Å². The lowest BCUT2D eigenvalue weighted by Gasteiger charge is -2.25. The van der Waals surface area contributed by atoms with Gasteiger partial charge in [-0.1, -0.05) is 18.2 Å². The van der Waals surface area contributed by atoms with E-state index in [9.17, 15) is 24.1 Å². The molecule has 2 unspecified atom stereocenters. The van der Waals surface area contributed by atoms with E-state index in [1.807, 2.05) is 0 Å². The Bertz CT molecular complexity index is 1710. The summed E-state index contributed by atoms with van der Waals surface area (Å²) in [5.74, 6) is -5.08. The topological polar surface area (TPSA) is 186 Å². The molecule has 4 rings (SSSR count). The van der Waals surface area contributed by atoms with Crippen molar-refractivity contribution >= 4 is 25.4 Å². The van der Waals surface area contributed by atoms with Crippen LogP contribution in [0.4, 0.5) is 14.6 Å². The Morgan fingerprint density at radius 3 is 2.40 bits per heavy atom. The van der Waals surface area contributed by atoms with Gasteiger partial charge in [-0.3, -0.25) is 18.7 Å². The molecule has 3 aromatic rings. The van der Waals surface area contributed by atoms with Gasteiger partial charge >= 0.3 is 25.3 Å². The number of methoxy groups -OCH3 is 2. The molecule has 0 spiro atoms. The van der Waals surface area contributed by atoms with Gasteiger partial charge in [0.25, 0.3) is 5.91 Å². The van der Waals surface area contributed by atoms with E-state index in [-0.39, 0.29) is 22.9 Å². The molecule has 2 heterocycles. The minimum absolute atomic E-state index is 0.0600. The Balaban J connectivity index is 1.49. The highest BCUT2D eigenvalue weighted by Gasteiger charge is 2.60. The molecule has 0 saturated carbocycles. The number of nitrogens with one attached hydrogen (secondary N) is 2. The second-order valence-corrected chi connectivity index (χ2v) is 12.4. The van der Waals surface area contributed by atoms with Crippen molar-refractivity contribution in [3.05, 3.63) is 76.8 Å². The summed E-state index contributed by atoms with van der Waals surface area (Å²) >= 11 is 0. The van der Waals surface area contributed by atoms with E-state index in [4.69, 9.17) is 28.0 Å². The fourth-order valence-corrected chi connectivity index (χ4v) is 5.94. The fraction of sp³-hybridized carbons (Fsp3) is 0.400. The number of esters is 1. The molecular formula is C30H35F2N4O11P. The normalized spacial score (nSPS) is 20.4. The summed E-state index contributed by atoms with van der Waals surface area (Å²) < 4.78 is 76.4. The highest BCUT2D eigenvalue weighted by molar-refractivity contribution is 7.52. The molecule has 5 atom stereocenters. The molecule has 1 fully saturated rings. The highest BCUT2D eigenvalue weighted by atomic mass is 31.2. The maximum Gasteiger partial charge on any atom is 0.459 e. The lowest BCUT2D eigenvalue weighted by molar-refractivity contribution is -0.149. The summed E-state index contributed by atoms with van der Waals surface area (Å²) in [5.41, 5.74) is -1.11. The number of rotatable bonds is 14. The Morgan fingerprint density at radius 2 is 1.77 bits per heavy atom. The molecule has 15 nitrogen and oxygen atoms in total. The molecule has 0 bridgehead atoms. The zero-order chi connectivity index (χ0) is 35.2. The first kappa shape index (κ1) is 36.4. The zero-order valence-electron chi connectivity index (χ0n) is 26.5. The quantitative estimate of drug-likeness (QED) is 0.164. The number of nitrogens with zero attached hydrogens (tertiary/aromatic N) is 2. The van der Waals surface area contributed by atoms with Gasteiger partial charge in [-0.15, -0.1) is 0 Å². The van der Waals surface area contributed by atoms with Crippen molar-refractivity contribution < 1.29 is 56.0 Å². The first-order valence-electron chi connectivity index (χ1n) is 14.5. The molecule has 48 heavy (non-hydrogen) atoms. The summed E-state index contributed by atoms with van der Waals surface area (Å²) in [5, 5.41) is 15.3. The number of hydrogen-bond acceptors (Lipinski definition) is 12. The van der Waals surface area contributed by atoms with Crippen molar-refractivity contribution in [2.75, 3.05) is 26.1 Å². The van der Waals surface area contributed by atoms with Crippen LogP contribution in [0.15, 0.2) is 65.6 Å². The second kappa shape index (κ2) is 15.2. The predicted molar refractivity (Wildman–Crippen MR) is 165 cm³/mol. The number of carbonyl (C=O) groups is 2. The van der Waals surface area contributed by atoms with Gasteiger partial charge in [0.15, 0.2) is 17.6 Å². The summed E-state index contributed by atoms with van der Waals surface area (Å²) in [6.45, 7) is 3.64.